The zero-order valence-corrected chi connectivity index (χ0v) is 16.9. The Balaban J connectivity index is 1.81. The van der Waals surface area contributed by atoms with Crippen LogP contribution in [0.4, 0.5) is 11.6 Å². The van der Waals surface area contributed by atoms with Crippen molar-refractivity contribution in [2.45, 2.75) is 26.9 Å². The van der Waals surface area contributed by atoms with Gasteiger partial charge in [0.1, 0.15) is 5.75 Å². The third-order valence-electron chi connectivity index (χ3n) is 4.83. The van der Waals surface area contributed by atoms with Gasteiger partial charge in [0, 0.05) is 23.0 Å². The molecular weight excluding hydrogens is 366 g/mol. The molecule has 0 saturated heterocycles. The lowest BCUT2D eigenvalue weighted by Gasteiger charge is -2.27. The van der Waals surface area contributed by atoms with Gasteiger partial charge in [-0.2, -0.15) is 0 Å². The van der Waals surface area contributed by atoms with Gasteiger partial charge in [-0.15, -0.1) is 0 Å². The number of benzene rings is 2. The SMILES string of the molecule is COc1cccc([C@@H]2N=C(Nc3ccc(C)cc3C)Nc3nc(C)cc(=O)n32)c1. The molecule has 1 atom stereocenters. The molecule has 0 saturated carbocycles. The Morgan fingerprint density at radius 2 is 1.93 bits per heavy atom. The Hall–Kier alpha value is -3.61. The number of rotatable bonds is 3. The molecule has 0 spiro atoms. The monoisotopic (exact) mass is 389 g/mol. The molecule has 1 aromatic heterocycles. The molecule has 1 aliphatic heterocycles. The number of aromatic nitrogens is 2. The molecular formula is C22H23N5O2. The Morgan fingerprint density at radius 3 is 2.69 bits per heavy atom. The molecule has 2 aromatic carbocycles. The standard InChI is InChI=1S/C22H23N5O2/c1-13-8-9-18(14(2)10-13)24-21-25-20(16-6-5-7-17(12-16)29-4)27-19(28)11-15(3)23-22(27)26-21/h5-12,20H,1-4H3,(H2,23,24,25,26)/t20-/m1/s1. The van der Waals surface area contributed by atoms with Crippen LogP contribution < -0.4 is 20.9 Å². The molecule has 7 nitrogen and oxygen atoms in total. The minimum absolute atomic E-state index is 0.165. The molecule has 29 heavy (non-hydrogen) atoms. The highest BCUT2D eigenvalue weighted by Crippen LogP contribution is 2.28. The molecule has 2 heterocycles. The van der Waals surface area contributed by atoms with Gasteiger partial charge in [0.25, 0.3) is 5.56 Å². The number of nitrogens with one attached hydrogen (secondary N) is 2. The van der Waals surface area contributed by atoms with Crippen molar-refractivity contribution in [1.82, 2.24) is 9.55 Å². The molecule has 3 aromatic rings. The minimum atomic E-state index is -0.560. The fourth-order valence-electron chi connectivity index (χ4n) is 3.42. The van der Waals surface area contributed by atoms with E-state index in [0.717, 1.165) is 16.8 Å². The van der Waals surface area contributed by atoms with Crippen LogP contribution in [0.2, 0.25) is 0 Å². The van der Waals surface area contributed by atoms with Crippen LogP contribution in [0.1, 0.15) is 28.6 Å². The number of guanidine groups is 1. The number of hydrogen-bond donors (Lipinski definition) is 2. The molecule has 148 valence electrons. The van der Waals surface area contributed by atoms with Gasteiger partial charge in [0.15, 0.2) is 6.17 Å². The first-order chi connectivity index (χ1) is 13.9. The van der Waals surface area contributed by atoms with Gasteiger partial charge in [-0.3, -0.25) is 14.7 Å². The summed E-state index contributed by atoms with van der Waals surface area (Å²) in [5.41, 5.74) is 4.55. The van der Waals surface area contributed by atoms with Crippen LogP contribution >= 0.6 is 0 Å². The average Bonchev–Trinajstić information content (AvgIpc) is 2.69. The summed E-state index contributed by atoms with van der Waals surface area (Å²) in [6.07, 6.45) is -0.560. The van der Waals surface area contributed by atoms with Crippen molar-refractivity contribution in [3.8, 4) is 5.75 Å². The van der Waals surface area contributed by atoms with Gasteiger partial charge in [-0.1, -0.05) is 29.8 Å². The fourth-order valence-corrected chi connectivity index (χ4v) is 3.42. The van der Waals surface area contributed by atoms with Crippen molar-refractivity contribution in [2.75, 3.05) is 17.7 Å². The number of fused-ring (bicyclic) bond motifs is 1. The lowest BCUT2D eigenvalue weighted by molar-refractivity contribution is 0.413. The molecule has 0 radical (unpaired) electrons. The molecule has 1 aliphatic rings. The lowest BCUT2D eigenvalue weighted by Crippen LogP contribution is -2.37. The number of hydrogen-bond acceptors (Lipinski definition) is 6. The smallest absolute Gasteiger partial charge is 0.257 e. The summed E-state index contributed by atoms with van der Waals surface area (Å²) in [5, 5.41) is 6.49. The first kappa shape index (κ1) is 18.7. The summed E-state index contributed by atoms with van der Waals surface area (Å²) < 4.78 is 6.90. The molecule has 4 rings (SSSR count). The Bertz CT molecular complexity index is 1170. The lowest BCUT2D eigenvalue weighted by atomic mass is 10.1. The third-order valence-corrected chi connectivity index (χ3v) is 4.83. The maximum Gasteiger partial charge on any atom is 0.257 e. The Kier molecular flexibility index (Phi) is 4.80. The van der Waals surface area contributed by atoms with Gasteiger partial charge in [-0.05, 0) is 44.5 Å². The zero-order valence-electron chi connectivity index (χ0n) is 16.9. The third kappa shape index (κ3) is 3.71. The van der Waals surface area contributed by atoms with Crippen LogP contribution in [-0.2, 0) is 0 Å². The van der Waals surface area contributed by atoms with E-state index < -0.39 is 6.17 Å². The summed E-state index contributed by atoms with van der Waals surface area (Å²) in [5.74, 6) is 1.68. The van der Waals surface area contributed by atoms with E-state index in [-0.39, 0.29) is 5.56 Å². The second-order valence-corrected chi connectivity index (χ2v) is 7.13. The summed E-state index contributed by atoms with van der Waals surface area (Å²) in [4.78, 5) is 22.0. The molecule has 2 N–H and O–H groups in total. The number of aryl methyl sites for hydroxylation is 3. The van der Waals surface area contributed by atoms with E-state index >= 15 is 0 Å². The molecule has 0 fully saturated rings. The van der Waals surface area contributed by atoms with Gasteiger partial charge >= 0.3 is 0 Å². The van der Waals surface area contributed by atoms with E-state index in [9.17, 15) is 4.79 Å². The summed E-state index contributed by atoms with van der Waals surface area (Å²) in [6, 6.07) is 15.2. The van der Waals surface area contributed by atoms with Crippen molar-refractivity contribution >= 4 is 17.6 Å². The summed E-state index contributed by atoms with van der Waals surface area (Å²) >= 11 is 0. The topological polar surface area (TPSA) is 80.5 Å². The van der Waals surface area contributed by atoms with Crippen LogP contribution in [0, 0.1) is 20.8 Å². The number of nitrogens with zero attached hydrogens (tertiary/aromatic N) is 3. The number of aliphatic imine (C=N–C) groups is 1. The van der Waals surface area contributed by atoms with Crippen LogP contribution in [0.3, 0.4) is 0 Å². The fraction of sp³-hybridized carbons (Fsp3) is 0.227. The first-order valence-corrected chi connectivity index (χ1v) is 9.38. The van der Waals surface area contributed by atoms with Crippen molar-refractivity contribution in [3.05, 3.63) is 81.3 Å². The predicted octanol–water partition coefficient (Wildman–Crippen LogP) is 3.62. The number of methoxy groups -OCH3 is 1. The van der Waals surface area contributed by atoms with E-state index in [1.807, 2.05) is 43.3 Å². The highest BCUT2D eigenvalue weighted by molar-refractivity contribution is 6.04. The predicted molar refractivity (Wildman–Crippen MR) is 115 cm³/mol. The van der Waals surface area contributed by atoms with Gasteiger partial charge in [0.2, 0.25) is 11.9 Å². The van der Waals surface area contributed by atoms with Crippen molar-refractivity contribution < 1.29 is 4.74 Å². The Labute approximate surface area is 169 Å². The number of ether oxygens (including phenoxy) is 1. The maximum absolute atomic E-state index is 12.7. The van der Waals surface area contributed by atoms with E-state index in [4.69, 9.17) is 9.73 Å². The Morgan fingerprint density at radius 1 is 1.10 bits per heavy atom. The van der Waals surface area contributed by atoms with Crippen molar-refractivity contribution in [1.29, 1.82) is 0 Å². The van der Waals surface area contributed by atoms with Crippen molar-refractivity contribution in [3.63, 3.8) is 0 Å². The van der Waals surface area contributed by atoms with E-state index in [2.05, 4.69) is 28.6 Å². The van der Waals surface area contributed by atoms with Gasteiger partial charge in [-0.25, -0.2) is 9.98 Å². The zero-order chi connectivity index (χ0) is 20.5. The molecule has 0 unspecified atom stereocenters. The van der Waals surface area contributed by atoms with Crippen LogP contribution in [0.25, 0.3) is 0 Å². The van der Waals surface area contributed by atoms with E-state index in [1.54, 1.807) is 18.6 Å². The van der Waals surface area contributed by atoms with Crippen LogP contribution in [-0.4, -0.2) is 22.6 Å². The normalized spacial score (nSPS) is 15.2. The van der Waals surface area contributed by atoms with Crippen LogP contribution in [0.5, 0.6) is 5.75 Å². The minimum Gasteiger partial charge on any atom is -0.497 e. The number of anilines is 2. The second-order valence-electron chi connectivity index (χ2n) is 7.13. The average molecular weight is 389 g/mol. The molecule has 0 aliphatic carbocycles. The summed E-state index contributed by atoms with van der Waals surface area (Å²) in [6.45, 7) is 5.90. The first-order valence-electron chi connectivity index (χ1n) is 9.38. The molecule has 0 amide bonds. The van der Waals surface area contributed by atoms with Crippen LogP contribution in [0.15, 0.2) is 58.3 Å². The van der Waals surface area contributed by atoms with Crippen molar-refractivity contribution in [2.24, 2.45) is 4.99 Å². The van der Waals surface area contributed by atoms with Gasteiger partial charge < -0.3 is 10.1 Å². The van der Waals surface area contributed by atoms with E-state index in [1.165, 1.54) is 11.6 Å². The second kappa shape index (κ2) is 7.43. The summed E-state index contributed by atoms with van der Waals surface area (Å²) in [7, 11) is 1.61. The molecule has 0 bridgehead atoms. The van der Waals surface area contributed by atoms with Gasteiger partial charge in [0.05, 0.1) is 7.11 Å². The molecule has 7 heteroatoms. The highest BCUT2D eigenvalue weighted by Gasteiger charge is 2.25. The maximum atomic E-state index is 12.7. The van der Waals surface area contributed by atoms with E-state index in [0.29, 0.717) is 23.4 Å². The quantitative estimate of drug-likeness (QED) is 0.715. The largest absolute Gasteiger partial charge is 0.497 e. The highest BCUT2D eigenvalue weighted by atomic mass is 16.5.